The average Bonchev–Trinajstić information content (AvgIpc) is 2.99. The number of benzene rings is 2. The number of halogens is 3. The molecule has 0 saturated heterocycles. The molecule has 3 rings (SSSR count). The van der Waals surface area contributed by atoms with E-state index in [1.807, 2.05) is 48.7 Å². The van der Waals surface area contributed by atoms with Crippen molar-refractivity contribution in [3.05, 3.63) is 80.6 Å². The van der Waals surface area contributed by atoms with Gasteiger partial charge in [0, 0.05) is 33.3 Å². The first kappa shape index (κ1) is 21.9. The lowest BCUT2D eigenvalue weighted by atomic mass is 10.2. The number of nitrogens with one attached hydrogen (secondary N) is 2. The van der Waals surface area contributed by atoms with Gasteiger partial charge in [0.05, 0.1) is 16.3 Å². The van der Waals surface area contributed by atoms with Crippen molar-refractivity contribution in [2.24, 2.45) is 5.10 Å². The number of anilines is 1. The van der Waals surface area contributed by atoms with Crippen LogP contribution in [-0.2, 0) is 9.59 Å². The molecule has 30 heavy (non-hydrogen) atoms. The monoisotopic (exact) mass is 462 g/mol. The third-order valence-corrected chi connectivity index (χ3v) is 5.30. The molecule has 0 radical (unpaired) electrons. The number of carbonyl (C=O) groups is 2. The minimum absolute atomic E-state index is 0.268. The molecule has 0 unspecified atom stereocenters. The molecule has 2 aromatic carbocycles. The maximum atomic E-state index is 12.0. The number of aryl methyl sites for hydroxylation is 1. The van der Waals surface area contributed by atoms with Gasteiger partial charge in [0.1, 0.15) is 0 Å². The number of amides is 2. The zero-order chi connectivity index (χ0) is 21.8. The van der Waals surface area contributed by atoms with Gasteiger partial charge in [-0.3, -0.25) is 9.59 Å². The standard InChI is InChI=1S/C21H17Cl3N4O2/c1-12-9-14(13(2)28(12)17-6-3-15(22)4-7-17)11-25-27-21(30)20(29)26-16-5-8-18(23)19(24)10-16/h3-11H,1-2H3,(H,26,29)(H,27,30)/b25-11-. The Bertz CT molecular complexity index is 1140. The lowest BCUT2D eigenvalue weighted by Crippen LogP contribution is -2.32. The van der Waals surface area contributed by atoms with E-state index in [4.69, 9.17) is 34.8 Å². The normalized spacial score (nSPS) is 11.0. The molecule has 6 nitrogen and oxygen atoms in total. The van der Waals surface area contributed by atoms with Gasteiger partial charge in [-0.2, -0.15) is 5.10 Å². The van der Waals surface area contributed by atoms with Crippen LogP contribution in [0.4, 0.5) is 5.69 Å². The number of rotatable bonds is 4. The number of carbonyl (C=O) groups excluding carboxylic acids is 2. The molecule has 0 saturated carbocycles. The molecule has 1 aromatic heterocycles. The van der Waals surface area contributed by atoms with Crippen LogP contribution in [0.3, 0.4) is 0 Å². The Hall–Kier alpha value is -2.80. The predicted octanol–water partition coefficient (Wildman–Crippen LogP) is 5.14. The van der Waals surface area contributed by atoms with E-state index in [0.29, 0.717) is 15.7 Å². The van der Waals surface area contributed by atoms with Gasteiger partial charge in [0.15, 0.2) is 0 Å². The molecule has 3 aromatic rings. The minimum atomic E-state index is -0.913. The van der Waals surface area contributed by atoms with Crippen LogP contribution in [-0.4, -0.2) is 22.6 Å². The molecule has 0 bridgehead atoms. The van der Waals surface area contributed by atoms with Crippen LogP contribution in [0, 0.1) is 13.8 Å². The molecule has 0 spiro atoms. The van der Waals surface area contributed by atoms with Gasteiger partial charge in [0.2, 0.25) is 0 Å². The predicted molar refractivity (Wildman–Crippen MR) is 121 cm³/mol. The van der Waals surface area contributed by atoms with Crippen LogP contribution in [0.5, 0.6) is 0 Å². The Kier molecular flexibility index (Phi) is 6.82. The third-order valence-electron chi connectivity index (χ3n) is 4.31. The summed E-state index contributed by atoms with van der Waals surface area (Å²) in [6.07, 6.45) is 1.49. The molecule has 0 aliphatic rings. The van der Waals surface area contributed by atoms with Crippen LogP contribution < -0.4 is 10.7 Å². The lowest BCUT2D eigenvalue weighted by Gasteiger charge is -2.09. The Labute approximate surface area is 188 Å². The van der Waals surface area contributed by atoms with Gasteiger partial charge in [-0.15, -0.1) is 0 Å². The largest absolute Gasteiger partial charge is 0.329 e. The van der Waals surface area contributed by atoms with Gasteiger partial charge < -0.3 is 9.88 Å². The summed E-state index contributed by atoms with van der Waals surface area (Å²) in [4.78, 5) is 24.0. The van der Waals surface area contributed by atoms with E-state index in [1.165, 1.54) is 24.4 Å². The number of aromatic nitrogens is 1. The molecule has 0 atom stereocenters. The molecule has 0 aliphatic carbocycles. The topological polar surface area (TPSA) is 75.5 Å². The fourth-order valence-corrected chi connectivity index (χ4v) is 3.30. The third kappa shape index (κ3) is 5.02. The molecule has 0 fully saturated rings. The fourth-order valence-electron chi connectivity index (χ4n) is 2.88. The first-order chi connectivity index (χ1) is 14.3. The summed E-state index contributed by atoms with van der Waals surface area (Å²) in [5, 5.41) is 7.59. The van der Waals surface area contributed by atoms with Gasteiger partial charge in [-0.25, -0.2) is 5.43 Å². The van der Waals surface area contributed by atoms with Gasteiger partial charge >= 0.3 is 11.8 Å². The Morgan fingerprint density at radius 3 is 2.30 bits per heavy atom. The summed E-state index contributed by atoms with van der Waals surface area (Å²) in [5.41, 5.74) is 6.23. The van der Waals surface area contributed by atoms with Crippen molar-refractivity contribution in [2.45, 2.75) is 13.8 Å². The van der Waals surface area contributed by atoms with Gasteiger partial charge in [-0.05, 0) is 62.4 Å². The van der Waals surface area contributed by atoms with E-state index in [-0.39, 0.29) is 5.02 Å². The summed E-state index contributed by atoms with van der Waals surface area (Å²) in [5.74, 6) is -1.79. The number of hydrogen-bond acceptors (Lipinski definition) is 3. The molecule has 1 heterocycles. The Morgan fingerprint density at radius 1 is 0.933 bits per heavy atom. The van der Waals surface area contributed by atoms with E-state index < -0.39 is 11.8 Å². The lowest BCUT2D eigenvalue weighted by molar-refractivity contribution is -0.136. The van der Waals surface area contributed by atoms with E-state index in [1.54, 1.807) is 0 Å². The summed E-state index contributed by atoms with van der Waals surface area (Å²) >= 11 is 17.7. The Balaban J connectivity index is 1.66. The highest BCUT2D eigenvalue weighted by Crippen LogP contribution is 2.25. The molecule has 2 N–H and O–H groups in total. The number of hydrazone groups is 1. The molecular formula is C21H17Cl3N4O2. The molecule has 9 heteroatoms. The van der Waals surface area contributed by atoms with Crippen molar-refractivity contribution in [2.75, 3.05) is 5.32 Å². The summed E-state index contributed by atoms with van der Waals surface area (Å²) in [6.45, 7) is 3.89. The van der Waals surface area contributed by atoms with E-state index >= 15 is 0 Å². The van der Waals surface area contributed by atoms with Crippen molar-refractivity contribution < 1.29 is 9.59 Å². The highest BCUT2D eigenvalue weighted by Gasteiger charge is 2.14. The summed E-state index contributed by atoms with van der Waals surface area (Å²) < 4.78 is 2.04. The van der Waals surface area contributed by atoms with Crippen LogP contribution >= 0.6 is 34.8 Å². The molecule has 154 valence electrons. The van der Waals surface area contributed by atoms with Crippen molar-refractivity contribution in [1.82, 2.24) is 9.99 Å². The van der Waals surface area contributed by atoms with Crippen molar-refractivity contribution in [1.29, 1.82) is 0 Å². The van der Waals surface area contributed by atoms with Gasteiger partial charge in [0.25, 0.3) is 0 Å². The minimum Gasteiger partial charge on any atom is -0.318 e. The van der Waals surface area contributed by atoms with Crippen LogP contribution in [0.15, 0.2) is 53.6 Å². The van der Waals surface area contributed by atoms with Crippen LogP contribution in [0.2, 0.25) is 15.1 Å². The highest BCUT2D eigenvalue weighted by molar-refractivity contribution is 6.43. The second-order valence-corrected chi connectivity index (χ2v) is 7.67. The maximum absolute atomic E-state index is 12.0. The Morgan fingerprint density at radius 2 is 1.63 bits per heavy atom. The molecule has 2 amide bonds. The van der Waals surface area contributed by atoms with E-state index in [0.717, 1.165) is 22.6 Å². The quantitative estimate of drug-likeness (QED) is 0.319. The van der Waals surface area contributed by atoms with Crippen molar-refractivity contribution in [3.8, 4) is 5.69 Å². The van der Waals surface area contributed by atoms with Crippen LogP contribution in [0.1, 0.15) is 17.0 Å². The van der Waals surface area contributed by atoms with Crippen LogP contribution in [0.25, 0.3) is 5.69 Å². The number of nitrogens with zero attached hydrogens (tertiary/aromatic N) is 2. The highest BCUT2D eigenvalue weighted by atomic mass is 35.5. The average molecular weight is 464 g/mol. The first-order valence-electron chi connectivity index (χ1n) is 8.80. The van der Waals surface area contributed by atoms with Crippen molar-refractivity contribution >= 4 is 58.5 Å². The smallest absolute Gasteiger partial charge is 0.318 e. The van der Waals surface area contributed by atoms with E-state index in [9.17, 15) is 9.59 Å². The summed E-state index contributed by atoms with van der Waals surface area (Å²) in [6, 6.07) is 13.9. The fraction of sp³-hybridized carbons (Fsp3) is 0.0952. The first-order valence-corrected chi connectivity index (χ1v) is 9.94. The SMILES string of the molecule is Cc1cc(/C=N\NC(=O)C(=O)Nc2ccc(Cl)c(Cl)c2)c(C)n1-c1ccc(Cl)cc1. The molecule has 0 aliphatic heterocycles. The van der Waals surface area contributed by atoms with E-state index in [2.05, 4.69) is 15.8 Å². The maximum Gasteiger partial charge on any atom is 0.329 e. The zero-order valence-electron chi connectivity index (χ0n) is 16.0. The second-order valence-electron chi connectivity index (χ2n) is 6.42. The van der Waals surface area contributed by atoms with Crippen molar-refractivity contribution in [3.63, 3.8) is 0 Å². The second kappa shape index (κ2) is 9.34. The zero-order valence-corrected chi connectivity index (χ0v) is 18.3. The van der Waals surface area contributed by atoms with Gasteiger partial charge in [-0.1, -0.05) is 34.8 Å². The molecular weight excluding hydrogens is 447 g/mol. The summed E-state index contributed by atoms with van der Waals surface area (Å²) in [7, 11) is 0. The number of hydrogen-bond donors (Lipinski definition) is 2.